The maximum atomic E-state index is 11.7. The number of nitrogens with two attached hydrogens (primary N) is 1. The summed E-state index contributed by atoms with van der Waals surface area (Å²) in [6, 6.07) is 5.61. The van der Waals surface area contributed by atoms with Crippen LogP contribution in [-0.4, -0.2) is 44.8 Å². The molecule has 0 spiro atoms. The molecule has 0 saturated heterocycles. The quantitative estimate of drug-likeness (QED) is 0.511. The van der Waals surface area contributed by atoms with Crippen LogP contribution in [0.1, 0.15) is 5.56 Å². The minimum Gasteiger partial charge on any atom is -0.508 e. The molecular weight excluding hydrogens is 282 g/mol. The number of hydrogen-bond acceptors (Lipinski definition) is 5. The fraction of sp³-hybridized carbons (Fsp3) is 0.417. The molecule has 0 radical (unpaired) electrons. The van der Waals surface area contributed by atoms with Crippen LogP contribution < -0.4 is 15.8 Å². The lowest BCUT2D eigenvalue weighted by Crippen LogP contribution is -2.44. The van der Waals surface area contributed by atoms with E-state index >= 15 is 0 Å². The summed E-state index contributed by atoms with van der Waals surface area (Å²) in [5.74, 6) is -0.463. The second-order valence-corrected chi connectivity index (χ2v) is 6.34. The Balaban J connectivity index is 2.41. The molecule has 20 heavy (non-hydrogen) atoms. The third-order valence-corrected chi connectivity index (χ3v) is 4.07. The minimum atomic E-state index is -3.34. The Hall–Kier alpha value is -1.64. The SMILES string of the molecule is CNS(=O)(=O)CCNC(=O)[C@@H](N)Cc1ccc(O)cc1. The van der Waals surface area contributed by atoms with Gasteiger partial charge in [-0.25, -0.2) is 13.1 Å². The molecule has 0 aliphatic heterocycles. The molecule has 0 bridgehead atoms. The summed E-state index contributed by atoms with van der Waals surface area (Å²) < 4.78 is 24.5. The number of aromatic hydroxyl groups is 1. The van der Waals surface area contributed by atoms with Crippen molar-refractivity contribution in [3.8, 4) is 5.75 Å². The lowest BCUT2D eigenvalue weighted by molar-refractivity contribution is -0.122. The molecule has 0 aromatic heterocycles. The van der Waals surface area contributed by atoms with Gasteiger partial charge in [0.2, 0.25) is 15.9 Å². The summed E-state index contributed by atoms with van der Waals surface area (Å²) in [5, 5.41) is 11.6. The van der Waals surface area contributed by atoms with Gasteiger partial charge in [0, 0.05) is 6.54 Å². The van der Waals surface area contributed by atoms with Crippen LogP contribution in [0.3, 0.4) is 0 Å². The topological polar surface area (TPSA) is 122 Å². The Morgan fingerprint density at radius 3 is 2.50 bits per heavy atom. The summed E-state index contributed by atoms with van der Waals surface area (Å²) in [7, 11) is -2.02. The highest BCUT2D eigenvalue weighted by atomic mass is 32.2. The number of carbonyl (C=O) groups is 1. The molecule has 1 amide bonds. The van der Waals surface area contributed by atoms with Crippen LogP contribution in [0.2, 0.25) is 0 Å². The van der Waals surface area contributed by atoms with Crippen LogP contribution >= 0.6 is 0 Å². The Morgan fingerprint density at radius 2 is 1.95 bits per heavy atom. The van der Waals surface area contributed by atoms with Crippen molar-refractivity contribution in [2.75, 3.05) is 19.3 Å². The molecule has 1 atom stereocenters. The average Bonchev–Trinajstić information content (AvgIpc) is 2.41. The zero-order chi connectivity index (χ0) is 15.2. The van der Waals surface area contributed by atoms with E-state index in [4.69, 9.17) is 10.8 Å². The molecule has 0 heterocycles. The summed E-state index contributed by atoms with van der Waals surface area (Å²) in [5.41, 5.74) is 6.54. The zero-order valence-electron chi connectivity index (χ0n) is 11.2. The second-order valence-electron chi connectivity index (χ2n) is 4.29. The number of benzene rings is 1. The molecule has 5 N–H and O–H groups in total. The highest BCUT2D eigenvalue weighted by molar-refractivity contribution is 7.89. The van der Waals surface area contributed by atoms with Gasteiger partial charge in [-0.2, -0.15) is 0 Å². The summed E-state index contributed by atoms with van der Waals surface area (Å²) in [6.45, 7) is 0.00524. The Bertz CT molecular complexity index is 542. The summed E-state index contributed by atoms with van der Waals surface area (Å²) in [4.78, 5) is 11.7. The number of nitrogens with one attached hydrogen (secondary N) is 2. The minimum absolute atomic E-state index is 0.00524. The van der Waals surface area contributed by atoms with Gasteiger partial charge in [-0.3, -0.25) is 4.79 Å². The van der Waals surface area contributed by atoms with Gasteiger partial charge in [-0.15, -0.1) is 0 Å². The van der Waals surface area contributed by atoms with Gasteiger partial charge < -0.3 is 16.2 Å². The zero-order valence-corrected chi connectivity index (χ0v) is 12.0. The van der Waals surface area contributed by atoms with Crippen LogP contribution in [0.25, 0.3) is 0 Å². The van der Waals surface area contributed by atoms with E-state index in [0.717, 1.165) is 5.56 Å². The number of amides is 1. The van der Waals surface area contributed by atoms with E-state index < -0.39 is 22.0 Å². The van der Waals surface area contributed by atoms with Crippen LogP contribution in [0, 0.1) is 0 Å². The third kappa shape index (κ3) is 5.55. The molecule has 0 aliphatic carbocycles. The van der Waals surface area contributed by atoms with Crippen molar-refractivity contribution in [3.63, 3.8) is 0 Å². The van der Waals surface area contributed by atoms with Gasteiger partial charge in [-0.05, 0) is 31.2 Å². The Kier molecular flexibility index (Phi) is 5.93. The number of hydrogen-bond donors (Lipinski definition) is 4. The van der Waals surface area contributed by atoms with E-state index in [1.807, 2.05) is 0 Å². The number of sulfonamides is 1. The third-order valence-electron chi connectivity index (χ3n) is 2.71. The molecule has 1 rings (SSSR count). The van der Waals surface area contributed by atoms with Crippen molar-refractivity contribution in [2.45, 2.75) is 12.5 Å². The van der Waals surface area contributed by atoms with Gasteiger partial charge >= 0.3 is 0 Å². The average molecular weight is 301 g/mol. The molecule has 0 unspecified atom stereocenters. The van der Waals surface area contributed by atoms with E-state index in [9.17, 15) is 13.2 Å². The molecule has 0 aliphatic rings. The standard InChI is InChI=1S/C12H19N3O4S/c1-14-20(18,19)7-6-15-12(17)11(13)8-9-2-4-10(16)5-3-9/h2-5,11,14,16H,6-8,13H2,1H3,(H,15,17)/t11-/m0/s1. The van der Waals surface area contributed by atoms with Crippen LogP contribution in [0.15, 0.2) is 24.3 Å². The van der Waals surface area contributed by atoms with Gasteiger partial charge in [0.05, 0.1) is 11.8 Å². The lowest BCUT2D eigenvalue weighted by atomic mass is 10.1. The first-order valence-electron chi connectivity index (χ1n) is 6.06. The molecule has 0 fully saturated rings. The van der Waals surface area contributed by atoms with Gasteiger partial charge in [0.1, 0.15) is 5.75 Å². The summed E-state index contributed by atoms with van der Waals surface area (Å²) >= 11 is 0. The van der Waals surface area contributed by atoms with Gasteiger partial charge in [0.25, 0.3) is 0 Å². The molecule has 7 nitrogen and oxygen atoms in total. The molecule has 0 saturated carbocycles. The Labute approximate surface area is 118 Å². The van der Waals surface area contributed by atoms with Crippen LogP contribution in [0.5, 0.6) is 5.75 Å². The van der Waals surface area contributed by atoms with E-state index in [1.54, 1.807) is 12.1 Å². The molecule has 1 aromatic rings. The second kappa shape index (κ2) is 7.22. The largest absolute Gasteiger partial charge is 0.508 e. The fourth-order valence-electron chi connectivity index (χ4n) is 1.52. The van der Waals surface area contributed by atoms with E-state index in [1.165, 1.54) is 19.2 Å². The smallest absolute Gasteiger partial charge is 0.237 e. The normalized spacial score (nSPS) is 12.9. The fourth-order valence-corrected chi connectivity index (χ4v) is 2.10. The summed E-state index contributed by atoms with van der Waals surface area (Å²) in [6.07, 6.45) is 0.310. The van der Waals surface area contributed by atoms with Gasteiger partial charge in [-0.1, -0.05) is 12.1 Å². The number of phenols is 1. The maximum absolute atomic E-state index is 11.7. The van der Waals surface area contributed by atoms with Gasteiger partial charge in [0.15, 0.2) is 0 Å². The highest BCUT2D eigenvalue weighted by Gasteiger charge is 2.15. The van der Waals surface area contributed by atoms with E-state index in [0.29, 0.717) is 6.42 Å². The molecular formula is C12H19N3O4S. The monoisotopic (exact) mass is 301 g/mol. The first-order chi connectivity index (χ1) is 9.34. The van der Waals surface area contributed by atoms with Crippen molar-refractivity contribution < 1.29 is 18.3 Å². The molecule has 1 aromatic carbocycles. The van der Waals surface area contributed by atoms with Crippen LogP contribution in [0.4, 0.5) is 0 Å². The lowest BCUT2D eigenvalue weighted by Gasteiger charge is -2.12. The first kappa shape index (κ1) is 16.4. The molecule has 112 valence electrons. The Morgan fingerprint density at radius 1 is 1.35 bits per heavy atom. The predicted octanol–water partition coefficient (Wildman–Crippen LogP) is -1.07. The number of phenolic OH excluding ortho intramolecular Hbond substituents is 1. The first-order valence-corrected chi connectivity index (χ1v) is 7.71. The van der Waals surface area contributed by atoms with E-state index in [2.05, 4.69) is 10.0 Å². The highest BCUT2D eigenvalue weighted by Crippen LogP contribution is 2.10. The van der Waals surface area contributed by atoms with Crippen LogP contribution in [-0.2, 0) is 21.2 Å². The predicted molar refractivity (Wildman–Crippen MR) is 75.6 cm³/mol. The van der Waals surface area contributed by atoms with Crippen molar-refractivity contribution in [3.05, 3.63) is 29.8 Å². The van der Waals surface area contributed by atoms with Crippen molar-refractivity contribution in [2.24, 2.45) is 5.73 Å². The number of rotatable bonds is 7. The van der Waals surface area contributed by atoms with E-state index in [-0.39, 0.29) is 18.0 Å². The molecule has 8 heteroatoms. The van der Waals surface area contributed by atoms with Crippen molar-refractivity contribution in [1.29, 1.82) is 0 Å². The maximum Gasteiger partial charge on any atom is 0.237 e. The number of carbonyl (C=O) groups excluding carboxylic acids is 1. The van der Waals surface area contributed by atoms with Crippen molar-refractivity contribution in [1.82, 2.24) is 10.0 Å². The van der Waals surface area contributed by atoms with Crippen molar-refractivity contribution >= 4 is 15.9 Å².